The first-order valence-corrected chi connectivity index (χ1v) is 6.22. The van der Waals surface area contributed by atoms with Gasteiger partial charge in [0, 0.05) is 18.5 Å². The summed E-state index contributed by atoms with van der Waals surface area (Å²) in [7, 11) is 0. The molecule has 1 saturated carbocycles. The van der Waals surface area contributed by atoms with Gasteiger partial charge in [-0.2, -0.15) is 0 Å². The molecule has 1 aliphatic rings. The Labute approximate surface area is 100 Å². The highest BCUT2D eigenvalue weighted by Gasteiger charge is 2.26. The number of aliphatic hydroxyl groups excluding tert-OH is 1. The molecule has 0 aliphatic heterocycles. The summed E-state index contributed by atoms with van der Waals surface area (Å²) in [6.07, 6.45) is 3.36. The molecule has 1 atom stereocenters. The van der Waals surface area contributed by atoms with Crippen molar-refractivity contribution in [3.05, 3.63) is 22.2 Å². The van der Waals surface area contributed by atoms with E-state index < -0.39 is 0 Å². The Hall–Kier alpha value is -1.36. The van der Waals surface area contributed by atoms with Crippen molar-refractivity contribution >= 4 is 5.82 Å². The first-order valence-electron chi connectivity index (χ1n) is 6.22. The minimum Gasteiger partial charge on any atom is -0.393 e. The molecule has 0 radical (unpaired) electrons. The topological polar surface area (TPSA) is 78.0 Å². The third-order valence-corrected chi connectivity index (χ3v) is 2.98. The normalized spacial score (nSPS) is 16.8. The van der Waals surface area contributed by atoms with Crippen molar-refractivity contribution in [2.75, 3.05) is 11.9 Å². The average molecular weight is 237 g/mol. The van der Waals surface area contributed by atoms with Gasteiger partial charge in [0.05, 0.1) is 6.10 Å². The molecule has 5 heteroatoms. The van der Waals surface area contributed by atoms with E-state index in [-0.39, 0.29) is 11.7 Å². The van der Waals surface area contributed by atoms with Gasteiger partial charge < -0.3 is 15.4 Å². The van der Waals surface area contributed by atoms with Crippen LogP contribution in [0.3, 0.4) is 0 Å². The smallest absolute Gasteiger partial charge is 0.252 e. The highest BCUT2D eigenvalue weighted by atomic mass is 16.3. The van der Waals surface area contributed by atoms with E-state index in [0.717, 1.165) is 25.1 Å². The monoisotopic (exact) mass is 237 g/mol. The number of aliphatic hydroxyl groups is 1. The second kappa shape index (κ2) is 5.31. The maximum absolute atomic E-state index is 11.4. The number of rotatable bonds is 6. The molecular weight excluding hydrogens is 218 g/mol. The van der Waals surface area contributed by atoms with Gasteiger partial charge in [-0.1, -0.05) is 6.92 Å². The van der Waals surface area contributed by atoms with Gasteiger partial charge in [0.15, 0.2) is 0 Å². The molecule has 0 saturated heterocycles. The molecule has 1 aromatic heterocycles. The van der Waals surface area contributed by atoms with Gasteiger partial charge in [0.25, 0.3) is 5.56 Å². The Bertz CT molecular complexity index is 426. The van der Waals surface area contributed by atoms with Gasteiger partial charge >= 0.3 is 0 Å². The van der Waals surface area contributed by atoms with Crippen molar-refractivity contribution in [2.24, 2.45) is 0 Å². The predicted molar refractivity (Wildman–Crippen MR) is 66.2 cm³/mol. The zero-order valence-electron chi connectivity index (χ0n) is 10.1. The molecular formula is C12H19N3O2. The number of hydrogen-bond donors (Lipinski definition) is 3. The third-order valence-electron chi connectivity index (χ3n) is 2.98. The maximum Gasteiger partial charge on any atom is 0.252 e. The largest absolute Gasteiger partial charge is 0.393 e. The molecule has 1 fully saturated rings. The summed E-state index contributed by atoms with van der Waals surface area (Å²) in [5.41, 5.74) is -0.111. The summed E-state index contributed by atoms with van der Waals surface area (Å²) < 4.78 is 0. The quantitative estimate of drug-likeness (QED) is 0.695. The van der Waals surface area contributed by atoms with E-state index in [1.165, 1.54) is 6.07 Å². The number of nitrogens with zero attached hydrogens (tertiary/aromatic N) is 1. The van der Waals surface area contributed by atoms with Crippen LogP contribution in [0.15, 0.2) is 10.9 Å². The molecule has 0 spiro atoms. The van der Waals surface area contributed by atoms with E-state index in [2.05, 4.69) is 15.3 Å². The van der Waals surface area contributed by atoms with Gasteiger partial charge in [-0.25, -0.2) is 4.98 Å². The first-order chi connectivity index (χ1) is 8.19. The fourth-order valence-corrected chi connectivity index (χ4v) is 1.69. The molecule has 1 aromatic rings. The lowest BCUT2D eigenvalue weighted by Gasteiger charge is -2.09. The first kappa shape index (κ1) is 12.1. The van der Waals surface area contributed by atoms with Crippen molar-refractivity contribution in [3.8, 4) is 0 Å². The molecule has 0 aromatic carbocycles. The van der Waals surface area contributed by atoms with Crippen molar-refractivity contribution in [1.29, 1.82) is 0 Å². The number of H-pyrrole nitrogens is 1. The Morgan fingerprint density at radius 2 is 2.41 bits per heavy atom. The zero-order valence-corrected chi connectivity index (χ0v) is 10.1. The van der Waals surface area contributed by atoms with E-state index in [4.69, 9.17) is 0 Å². The summed E-state index contributed by atoms with van der Waals surface area (Å²) >= 11 is 0. The van der Waals surface area contributed by atoms with Crippen LogP contribution in [-0.4, -0.2) is 27.7 Å². The molecule has 5 nitrogen and oxygen atoms in total. The van der Waals surface area contributed by atoms with Crippen LogP contribution in [0.4, 0.5) is 5.82 Å². The lowest BCUT2D eigenvalue weighted by molar-refractivity contribution is 0.164. The number of aromatic nitrogens is 2. The van der Waals surface area contributed by atoms with Crippen molar-refractivity contribution < 1.29 is 5.11 Å². The van der Waals surface area contributed by atoms with E-state index >= 15 is 0 Å². The zero-order chi connectivity index (χ0) is 12.3. The number of nitrogens with one attached hydrogen (secondary N) is 2. The van der Waals surface area contributed by atoms with Crippen molar-refractivity contribution in [3.63, 3.8) is 0 Å². The Morgan fingerprint density at radius 1 is 1.65 bits per heavy atom. The van der Waals surface area contributed by atoms with Gasteiger partial charge in [0.2, 0.25) is 0 Å². The lowest BCUT2D eigenvalue weighted by Crippen LogP contribution is -2.16. The summed E-state index contributed by atoms with van der Waals surface area (Å²) in [5, 5.41) is 12.5. The van der Waals surface area contributed by atoms with E-state index in [9.17, 15) is 9.90 Å². The van der Waals surface area contributed by atoms with E-state index in [1.54, 1.807) is 0 Å². The van der Waals surface area contributed by atoms with Crippen molar-refractivity contribution in [1.82, 2.24) is 9.97 Å². The van der Waals surface area contributed by atoms with Crippen LogP contribution in [0, 0.1) is 0 Å². The van der Waals surface area contributed by atoms with E-state index in [0.29, 0.717) is 24.7 Å². The molecule has 1 heterocycles. The second-order valence-corrected chi connectivity index (χ2v) is 4.57. The van der Waals surface area contributed by atoms with Crippen LogP contribution in [0.2, 0.25) is 0 Å². The Balaban J connectivity index is 1.93. The molecule has 2 rings (SSSR count). The van der Waals surface area contributed by atoms with Gasteiger partial charge in [-0.3, -0.25) is 4.79 Å². The molecule has 0 amide bonds. The highest BCUT2D eigenvalue weighted by molar-refractivity contribution is 5.33. The Kier molecular flexibility index (Phi) is 3.78. The van der Waals surface area contributed by atoms with Crippen molar-refractivity contribution in [2.45, 2.75) is 44.6 Å². The van der Waals surface area contributed by atoms with Crippen LogP contribution in [0.25, 0.3) is 0 Å². The maximum atomic E-state index is 11.4. The van der Waals surface area contributed by atoms with Crippen LogP contribution in [0.5, 0.6) is 0 Å². The SMILES string of the molecule is CCC(O)CCNc1cc(=O)[nH]c(C2CC2)n1. The van der Waals surface area contributed by atoms with Gasteiger partial charge in [-0.05, 0) is 25.7 Å². The summed E-state index contributed by atoms with van der Waals surface area (Å²) in [6, 6.07) is 1.46. The summed E-state index contributed by atoms with van der Waals surface area (Å²) in [6.45, 7) is 2.58. The number of anilines is 1. The minimum absolute atomic E-state index is 0.111. The number of aromatic amines is 1. The fourth-order valence-electron chi connectivity index (χ4n) is 1.69. The van der Waals surface area contributed by atoms with E-state index in [1.807, 2.05) is 6.92 Å². The van der Waals surface area contributed by atoms with Crippen LogP contribution in [0.1, 0.15) is 44.3 Å². The fraction of sp³-hybridized carbons (Fsp3) is 0.667. The summed E-state index contributed by atoms with van der Waals surface area (Å²) in [5.74, 6) is 1.83. The second-order valence-electron chi connectivity index (χ2n) is 4.57. The van der Waals surface area contributed by atoms with Crippen LogP contribution in [-0.2, 0) is 0 Å². The number of hydrogen-bond acceptors (Lipinski definition) is 4. The predicted octanol–water partition coefficient (Wildman–Crippen LogP) is 1.22. The summed E-state index contributed by atoms with van der Waals surface area (Å²) in [4.78, 5) is 18.5. The Morgan fingerprint density at radius 3 is 3.06 bits per heavy atom. The van der Waals surface area contributed by atoms with Crippen LogP contribution < -0.4 is 10.9 Å². The molecule has 3 N–H and O–H groups in total. The average Bonchev–Trinajstić information content (AvgIpc) is 3.12. The van der Waals surface area contributed by atoms with Crippen LogP contribution >= 0.6 is 0 Å². The standard InChI is InChI=1S/C12H19N3O2/c1-2-9(16)5-6-13-10-7-11(17)15-12(14-10)8-3-4-8/h7-9,16H,2-6H2,1H3,(H2,13,14,15,17). The highest BCUT2D eigenvalue weighted by Crippen LogP contribution is 2.37. The van der Waals surface area contributed by atoms with Gasteiger partial charge in [0.1, 0.15) is 11.6 Å². The minimum atomic E-state index is -0.285. The molecule has 94 valence electrons. The third kappa shape index (κ3) is 3.56. The van der Waals surface area contributed by atoms with Gasteiger partial charge in [-0.15, -0.1) is 0 Å². The molecule has 0 bridgehead atoms. The molecule has 17 heavy (non-hydrogen) atoms. The lowest BCUT2D eigenvalue weighted by atomic mass is 10.2. The molecule has 1 aliphatic carbocycles. The molecule has 1 unspecified atom stereocenters.